The Labute approximate surface area is 128 Å². The molecule has 1 heterocycles. The fraction of sp³-hybridized carbons (Fsp3) is 0.438. The van der Waals surface area contributed by atoms with E-state index in [4.69, 9.17) is 11.6 Å². The standard InChI is InChI=1S/C16H19ClFNS/c1-16(2,3)14-10-20-15(19-14)8-12(9-17)11-5-4-6-13(18)7-11/h4-7,10,12H,8-9H2,1-3H3. The summed E-state index contributed by atoms with van der Waals surface area (Å²) in [7, 11) is 0. The molecule has 0 spiro atoms. The molecule has 0 aliphatic rings. The maximum atomic E-state index is 13.3. The Morgan fingerprint density at radius 3 is 2.65 bits per heavy atom. The minimum atomic E-state index is -0.216. The molecule has 4 heteroatoms. The smallest absolute Gasteiger partial charge is 0.123 e. The Morgan fingerprint density at radius 1 is 1.35 bits per heavy atom. The van der Waals surface area contributed by atoms with Crippen molar-refractivity contribution >= 4 is 22.9 Å². The van der Waals surface area contributed by atoms with Gasteiger partial charge in [-0.15, -0.1) is 22.9 Å². The minimum absolute atomic E-state index is 0.0596. The van der Waals surface area contributed by atoms with E-state index in [-0.39, 0.29) is 17.2 Å². The topological polar surface area (TPSA) is 12.9 Å². The van der Waals surface area contributed by atoms with E-state index in [2.05, 4.69) is 31.1 Å². The molecule has 0 radical (unpaired) electrons. The zero-order valence-electron chi connectivity index (χ0n) is 12.0. The third-order valence-electron chi connectivity index (χ3n) is 3.25. The van der Waals surface area contributed by atoms with E-state index < -0.39 is 0 Å². The molecule has 0 saturated carbocycles. The van der Waals surface area contributed by atoms with E-state index in [0.717, 1.165) is 22.7 Å². The largest absolute Gasteiger partial charge is 0.246 e. The Hall–Kier alpha value is -0.930. The molecule has 1 atom stereocenters. The molecule has 1 aromatic carbocycles. The van der Waals surface area contributed by atoms with Crippen molar-refractivity contribution in [3.63, 3.8) is 0 Å². The van der Waals surface area contributed by atoms with Gasteiger partial charge in [-0.25, -0.2) is 9.37 Å². The van der Waals surface area contributed by atoms with Gasteiger partial charge in [-0.3, -0.25) is 0 Å². The van der Waals surface area contributed by atoms with Crippen molar-refractivity contribution in [2.45, 2.75) is 38.5 Å². The molecule has 0 amide bonds. The average molecular weight is 312 g/mol. The van der Waals surface area contributed by atoms with Gasteiger partial charge in [0.15, 0.2) is 0 Å². The highest BCUT2D eigenvalue weighted by molar-refractivity contribution is 7.09. The van der Waals surface area contributed by atoms with Crippen LogP contribution < -0.4 is 0 Å². The van der Waals surface area contributed by atoms with Crippen molar-refractivity contribution in [2.75, 3.05) is 5.88 Å². The van der Waals surface area contributed by atoms with E-state index in [0.29, 0.717) is 5.88 Å². The van der Waals surface area contributed by atoms with Gasteiger partial charge >= 0.3 is 0 Å². The van der Waals surface area contributed by atoms with Gasteiger partial charge in [0.2, 0.25) is 0 Å². The molecule has 108 valence electrons. The average Bonchev–Trinajstić information content (AvgIpc) is 2.84. The summed E-state index contributed by atoms with van der Waals surface area (Å²) in [5.74, 6) is 0.354. The van der Waals surface area contributed by atoms with Gasteiger partial charge in [-0.2, -0.15) is 0 Å². The molecule has 0 saturated heterocycles. The molecule has 2 rings (SSSR count). The maximum absolute atomic E-state index is 13.3. The second-order valence-electron chi connectivity index (χ2n) is 5.99. The summed E-state index contributed by atoms with van der Waals surface area (Å²) in [6.07, 6.45) is 0.758. The highest BCUT2D eigenvalue weighted by Gasteiger charge is 2.19. The number of benzene rings is 1. The van der Waals surface area contributed by atoms with E-state index in [1.54, 1.807) is 23.5 Å². The molecule has 0 fully saturated rings. The lowest BCUT2D eigenvalue weighted by atomic mass is 9.93. The fourth-order valence-corrected chi connectivity index (χ4v) is 3.37. The number of rotatable bonds is 4. The second kappa shape index (κ2) is 6.23. The van der Waals surface area contributed by atoms with Gasteiger partial charge in [-0.05, 0) is 17.7 Å². The summed E-state index contributed by atoms with van der Waals surface area (Å²) >= 11 is 7.71. The lowest BCUT2D eigenvalue weighted by Crippen LogP contribution is -2.12. The third kappa shape index (κ3) is 3.80. The second-order valence-corrected chi connectivity index (χ2v) is 7.24. The summed E-state index contributed by atoms with van der Waals surface area (Å²) < 4.78 is 13.3. The summed E-state index contributed by atoms with van der Waals surface area (Å²) in [4.78, 5) is 4.68. The first kappa shape index (κ1) is 15.5. The molecule has 2 aromatic rings. The van der Waals surface area contributed by atoms with Crippen LogP contribution in [-0.2, 0) is 11.8 Å². The van der Waals surface area contributed by atoms with E-state index in [1.807, 2.05) is 6.07 Å². The Bertz CT molecular complexity index is 574. The third-order valence-corrected chi connectivity index (χ3v) is 4.49. The Kier molecular flexibility index (Phi) is 4.82. The first-order valence-electron chi connectivity index (χ1n) is 6.66. The zero-order chi connectivity index (χ0) is 14.8. The first-order chi connectivity index (χ1) is 9.40. The molecular weight excluding hydrogens is 293 g/mol. The highest BCUT2D eigenvalue weighted by Crippen LogP contribution is 2.28. The van der Waals surface area contributed by atoms with Crippen LogP contribution >= 0.6 is 22.9 Å². The summed E-state index contributed by atoms with van der Waals surface area (Å²) in [5.41, 5.74) is 2.10. The van der Waals surface area contributed by atoms with Gasteiger partial charge in [0.05, 0.1) is 10.7 Å². The van der Waals surface area contributed by atoms with Crippen LogP contribution in [0.5, 0.6) is 0 Å². The number of hydrogen-bond donors (Lipinski definition) is 0. The van der Waals surface area contributed by atoms with Crippen molar-refractivity contribution < 1.29 is 4.39 Å². The van der Waals surface area contributed by atoms with E-state index in [1.165, 1.54) is 6.07 Å². The first-order valence-corrected chi connectivity index (χ1v) is 8.08. The van der Waals surface area contributed by atoms with Gasteiger partial charge in [0.1, 0.15) is 5.82 Å². The number of alkyl halides is 1. The van der Waals surface area contributed by atoms with Gasteiger partial charge in [-0.1, -0.05) is 32.9 Å². The number of aromatic nitrogens is 1. The van der Waals surface area contributed by atoms with Crippen LogP contribution in [0.2, 0.25) is 0 Å². The Balaban J connectivity index is 2.16. The minimum Gasteiger partial charge on any atom is -0.246 e. The molecule has 1 aromatic heterocycles. The van der Waals surface area contributed by atoms with Crippen LogP contribution in [0.15, 0.2) is 29.6 Å². The summed E-state index contributed by atoms with van der Waals surface area (Å²) in [6, 6.07) is 6.67. The molecule has 1 nitrogen and oxygen atoms in total. The monoisotopic (exact) mass is 311 g/mol. The SMILES string of the molecule is CC(C)(C)c1csc(CC(CCl)c2cccc(F)c2)n1. The van der Waals surface area contributed by atoms with Crippen molar-refractivity contribution in [1.82, 2.24) is 4.98 Å². The predicted molar refractivity (Wildman–Crippen MR) is 84.4 cm³/mol. The molecule has 0 N–H and O–H groups in total. The Morgan fingerprint density at radius 2 is 2.10 bits per heavy atom. The molecular formula is C16H19ClFNS. The van der Waals surface area contributed by atoms with Crippen LogP contribution in [0.3, 0.4) is 0 Å². The lowest BCUT2D eigenvalue weighted by Gasteiger charge is -2.15. The van der Waals surface area contributed by atoms with Crippen LogP contribution in [0.4, 0.5) is 4.39 Å². The number of thiazole rings is 1. The van der Waals surface area contributed by atoms with E-state index in [9.17, 15) is 4.39 Å². The van der Waals surface area contributed by atoms with Gasteiger partial charge < -0.3 is 0 Å². The quantitative estimate of drug-likeness (QED) is 0.712. The lowest BCUT2D eigenvalue weighted by molar-refractivity contribution is 0.569. The summed E-state index contributed by atoms with van der Waals surface area (Å²) in [6.45, 7) is 6.45. The van der Waals surface area contributed by atoms with E-state index >= 15 is 0 Å². The predicted octanol–water partition coefficient (Wildman–Crippen LogP) is 5.14. The van der Waals surface area contributed by atoms with Crippen LogP contribution in [0.1, 0.15) is 43.0 Å². The molecule has 0 bridgehead atoms. The summed E-state index contributed by atoms with van der Waals surface area (Å²) in [5, 5.41) is 3.16. The van der Waals surface area contributed by atoms with Crippen molar-refractivity contribution in [2.24, 2.45) is 0 Å². The molecule has 0 aliphatic heterocycles. The van der Waals surface area contributed by atoms with Gasteiger partial charge in [0, 0.05) is 29.0 Å². The fourth-order valence-electron chi connectivity index (χ4n) is 1.98. The van der Waals surface area contributed by atoms with Crippen molar-refractivity contribution in [3.8, 4) is 0 Å². The van der Waals surface area contributed by atoms with Crippen molar-refractivity contribution in [3.05, 3.63) is 51.7 Å². The van der Waals surface area contributed by atoms with Gasteiger partial charge in [0.25, 0.3) is 0 Å². The zero-order valence-corrected chi connectivity index (χ0v) is 13.6. The van der Waals surface area contributed by atoms with Crippen LogP contribution in [-0.4, -0.2) is 10.9 Å². The molecule has 20 heavy (non-hydrogen) atoms. The van der Waals surface area contributed by atoms with Crippen molar-refractivity contribution in [1.29, 1.82) is 0 Å². The number of nitrogens with zero attached hydrogens (tertiary/aromatic N) is 1. The normalized spacial score (nSPS) is 13.4. The van der Waals surface area contributed by atoms with Crippen LogP contribution in [0, 0.1) is 5.82 Å². The molecule has 0 aliphatic carbocycles. The maximum Gasteiger partial charge on any atom is 0.123 e. The number of halogens is 2. The highest BCUT2D eigenvalue weighted by atomic mass is 35.5. The number of hydrogen-bond acceptors (Lipinski definition) is 2. The molecule has 1 unspecified atom stereocenters. The van der Waals surface area contributed by atoms with Crippen LogP contribution in [0.25, 0.3) is 0 Å².